The van der Waals surface area contributed by atoms with Crippen molar-refractivity contribution in [2.45, 2.75) is 58.5 Å². The topological polar surface area (TPSA) is 29.3 Å². The summed E-state index contributed by atoms with van der Waals surface area (Å²) in [5.41, 5.74) is 6.04. The highest BCUT2D eigenvalue weighted by atomic mass is 15.2. The highest BCUT2D eigenvalue weighted by Crippen LogP contribution is 2.38. The van der Waals surface area contributed by atoms with Crippen LogP contribution in [0.2, 0.25) is 0 Å². The van der Waals surface area contributed by atoms with Crippen LogP contribution in [0.4, 0.5) is 0 Å². The molecule has 0 spiro atoms. The van der Waals surface area contributed by atoms with Crippen LogP contribution in [0.1, 0.15) is 46.5 Å². The van der Waals surface area contributed by atoms with Crippen LogP contribution in [-0.4, -0.2) is 30.1 Å². The maximum absolute atomic E-state index is 6.04. The van der Waals surface area contributed by atoms with Gasteiger partial charge >= 0.3 is 0 Å². The van der Waals surface area contributed by atoms with E-state index in [2.05, 4.69) is 25.7 Å². The zero-order valence-corrected chi connectivity index (χ0v) is 11.2. The van der Waals surface area contributed by atoms with Gasteiger partial charge in [-0.15, -0.1) is 0 Å². The lowest BCUT2D eigenvalue weighted by atomic mass is 9.72. The molecule has 0 aromatic rings. The molecule has 2 aliphatic rings. The Morgan fingerprint density at radius 2 is 1.81 bits per heavy atom. The maximum Gasteiger partial charge on any atom is 0.0101 e. The molecule has 1 heterocycles. The summed E-state index contributed by atoms with van der Waals surface area (Å²) in [6.07, 6.45) is 5.57. The first-order valence-electron chi connectivity index (χ1n) is 7.07. The van der Waals surface area contributed by atoms with Gasteiger partial charge in [0, 0.05) is 18.6 Å². The fourth-order valence-corrected chi connectivity index (χ4v) is 3.27. The lowest BCUT2D eigenvalue weighted by Gasteiger charge is -2.48. The van der Waals surface area contributed by atoms with E-state index in [-0.39, 0.29) is 0 Å². The highest BCUT2D eigenvalue weighted by molar-refractivity contribution is 4.91. The third-order valence-electron chi connectivity index (χ3n) is 4.84. The first-order chi connectivity index (χ1) is 7.58. The number of piperidine rings is 1. The lowest BCUT2D eigenvalue weighted by molar-refractivity contribution is 0.0228. The van der Waals surface area contributed by atoms with Gasteiger partial charge in [-0.05, 0) is 56.9 Å². The Morgan fingerprint density at radius 1 is 1.12 bits per heavy atom. The molecule has 0 radical (unpaired) electrons. The number of rotatable bonds is 3. The summed E-state index contributed by atoms with van der Waals surface area (Å²) in [7, 11) is 0. The van der Waals surface area contributed by atoms with E-state index in [1.54, 1.807) is 0 Å². The van der Waals surface area contributed by atoms with Gasteiger partial charge in [0.25, 0.3) is 0 Å². The molecule has 2 fully saturated rings. The molecule has 94 valence electrons. The molecule has 1 aliphatic heterocycles. The number of hydrogen-bond acceptors (Lipinski definition) is 2. The smallest absolute Gasteiger partial charge is 0.0101 e. The van der Waals surface area contributed by atoms with Crippen LogP contribution in [0.25, 0.3) is 0 Å². The average molecular weight is 224 g/mol. The predicted octanol–water partition coefficient (Wildman–Crippen LogP) is 2.48. The quantitative estimate of drug-likeness (QED) is 0.798. The third-order valence-corrected chi connectivity index (χ3v) is 4.84. The fraction of sp³-hybridized carbons (Fsp3) is 1.00. The van der Waals surface area contributed by atoms with E-state index in [0.29, 0.717) is 6.04 Å². The van der Waals surface area contributed by atoms with E-state index in [4.69, 9.17) is 5.73 Å². The number of hydrogen-bond donors (Lipinski definition) is 1. The number of likely N-dealkylation sites (tertiary alicyclic amines) is 1. The van der Waals surface area contributed by atoms with E-state index in [1.165, 1.54) is 38.8 Å². The largest absolute Gasteiger partial charge is 0.328 e. The molecule has 2 rings (SSSR count). The Balaban J connectivity index is 1.78. The van der Waals surface area contributed by atoms with Crippen LogP contribution in [0.5, 0.6) is 0 Å². The first-order valence-corrected chi connectivity index (χ1v) is 7.07. The highest BCUT2D eigenvalue weighted by Gasteiger charge is 2.37. The Hall–Kier alpha value is -0.0800. The summed E-state index contributed by atoms with van der Waals surface area (Å²) in [4.78, 5) is 2.72. The van der Waals surface area contributed by atoms with Crippen LogP contribution >= 0.6 is 0 Å². The number of nitrogens with two attached hydrogens (primary N) is 1. The van der Waals surface area contributed by atoms with E-state index in [1.807, 2.05) is 0 Å². The van der Waals surface area contributed by atoms with Gasteiger partial charge in [0.1, 0.15) is 0 Å². The van der Waals surface area contributed by atoms with Crippen LogP contribution in [0.15, 0.2) is 0 Å². The van der Waals surface area contributed by atoms with Gasteiger partial charge in [-0.2, -0.15) is 0 Å². The first kappa shape index (κ1) is 12.4. The van der Waals surface area contributed by atoms with E-state index in [0.717, 1.165) is 23.8 Å². The van der Waals surface area contributed by atoms with Gasteiger partial charge in [-0.25, -0.2) is 0 Å². The Morgan fingerprint density at radius 3 is 2.38 bits per heavy atom. The summed E-state index contributed by atoms with van der Waals surface area (Å²) in [6, 6.07) is 1.26. The Labute approximate surface area is 101 Å². The van der Waals surface area contributed by atoms with Crippen molar-refractivity contribution < 1.29 is 0 Å². The normalized spacial score (nSPS) is 38.4. The molecule has 0 aromatic heterocycles. The molecule has 1 aliphatic carbocycles. The summed E-state index contributed by atoms with van der Waals surface area (Å²) in [6.45, 7) is 9.47. The molecular weight excluding hydrogens is 196 g/mol. The molecule has 2 atom stereocenters. The Kier molecular flexibility index (Phi) is 3.91. The third kappa shape index (κ3) is 2.60. The molecule has 0 bridgehead atoms. The van der Waals surface area contributed by atoms with Crippen LogP contribution in [0, 0.1) is 17.8 Å². The SMILES string of the molecule is CC(C)C1CC(N2CCCC(C(C)N)C2)C1. The van der Waals surface area contributed by atoms with Crippen molar-refractivity contribution in [2.75, 3.05) is 13.1 Å². The minimum Gasteiger partial charge on any atom is -0.328 e. The molecule has 1 saturated heterocycles. The van der Waals surface area contributed by atoms with Gasteiger partial charge in [0.15, 0.2) is 0 Å². The number of nitrogens with zero attached hydrogens (tertiary/aromatic N) is 1. The second-order valence-corrected chi connectivity index (χ2v) is 6.39. The molecular formula is C14H28N2. The maximum atomic E-state index is 6.04. The molecule has 2 nitrogen and oxygen atoms in total. The average Bonchev–Trinajstić information content (AvgIpc) is 2.15. The van der Waals surface area contributed by atoms with Gasteiger partial charge in [-0.3, -0.25) is 0 Å². The van der Waals surface area contributed by atoms with Gasteiger partial charge in [-0.1, -0.05) is 13.8 Å². The monoisotopic (exact) mass is 224 g/mol. The van der Waals surface area contributed by atoms with Gasteiger partial charge in [0.05, 0.1) is 0 Å². The van der Waals surface area contributed by atoms with E-state index >= 15 is 0 Å². The molecule has 2 unspecified atom stereocenters. The zero-order chi connectivity index (χ0) is 11.7. The molecule has 2 N–H and O–H groups in total. The van der Waals surface area contributed by atoms with Crippen molar-refractivity contribution in [3.05, 3.63) is 0 Å². The van der Waals surface area contributed by atoms with Crippen LogP contribution in [-0.2, 0) is 0 Å². The predicted molar refractivity (Wildman–Crippen MR) is 69.3 cm³/mol. The lowest BCUT2D eigenvalue weighted by Crippen LogP contribution is -2.52. The Bertz CT molecular complexity index is 219. The van der Waals surface area contributed by atoms with Gasteiger partial charge in [0.2, 0.25) is 0 Å². The summed E-state index contributed by atoms with van der Waals surface area (Å²) >= 11 is 0. The zero-order valence-electron chi connectivity index (χ0n) is 11.2. The van der Waals surface area contributed by atoms with Crippen LogP contribution in [0.3, 0.4) is 0 Å². The second kappa shape index (κ2) is 5.05. The molecule has 0 amide bonds. The molecule has 0 aromatic carbocycles. The van der Waals surface area contributed by atoms with Gasteiger partial charge < -0.3 is 10.6 Å². The van der Waals surface area contributed by atoms with Crippen molar-refractivity contribution >= 4 is 0 Å². The van der Waals surface area contributed by atoms with E-state index in [9.17, 15) is 0 Å². The second-order valence-electron chi connectivity index (χ2n) is 6.39. The van der Waals surface area contributed by atoms with Crippen molar-refractivity contribution in [3.8, 4) is 0 Å². The van der Waals surface area contributed by atoms with Crippen molar-refractivity contribution in [3.63, 3.8) is 0 Å². The minimum absolute atomic E-state index is 0.378. The van der Waals surface area contributed by atoms with Crippen LogP contribution < -0.4 is 5.73 Å². The van der Waals surface area contributed by atoms with Crippen molar-refractivity contribution in [1.29, 1.82) is 0 Å². The fourth-order valence-electron chi connectivity index (χ4n) is 3.27. The standard InChI is InChI=1S/C14H28N2/c1-10(2)13-7-14(8-13)16-6-4-5-12(9-16)11(3)15/h10-14H,4-9,15H2,1-3H3. The molecule has 16 heavy (non-hydrogen) atoms. The summed E-state index contributed by atoms with van der Waals surface area (Å²) < 4.78 is 0. The van der Waals surface area contributed by atoms with E-state index < -0.39 is 0 Å². The summed E-state index contributed by atoms with van der Waals surface area (Å²) in [5.74, 6) is 2.61. The minimum atomic E-state index is 0.378. The molecule has 1 saturated carbocycles. The van der Waals surface area contributed by atoms with Crippen molar-refractivity contribution in [2.24, 2.45) is 23.5 Å². The molecule has 2 heteroatoms. The summed E-state index contributed by atoms with van der Waals surface area (Å²) in [5, 5.41) is 0. The van der Waals surface area contributed by atoms with Crippen molar-refractivity contribution in [1.82, 2.24) is 4.90 Å².